The molecule has 6 rings (SSSR count). The number of piperidine rings is 1. The van der Waals surface area contributed by atoms with Gasteiger partial charge in [0, 0.05) is 29.0 Å². The molecule has 1 aromatic carbocycles. The van der Waals surface area contributed by atoms with Gasteiger partial charge < -0.3 is 9.47 Å². The molecule has 0 radical (unpaired) electrons. The highest BCUT2D eigenvalue weighted by atomic mass is 16.6. The van der Waals surface area contributed by atoms with Crippen molar-refractivity contribution >= 4 is 5.97 Å². The second-order valence-corrected chi connectivity index (χ2v) is 9.80. The number of benzene rings is 1. The molecule has 2 heterocycles. The fraction of sp³-hybridized carbons (Fsp3) is 0.625. The zero-order valence-corrected chi connectivity index (χ0v) is 16.9. The van der Waals surface area contributed by atoms with Gasteiger partial charge in [-0.15, -0.1) is 0 Å². The molecule has 3 aliphatic carbocycles. The maximum absolute atomic E-state index is 12.9. The number of ether oxygens (including phenoxy) is 2. The van der Waals surface area contributed by atoms with Gasteiger partial charge in [-0.25, -0.2) is 0 Å². The average Bonchev–Trinajstić information content (AvgIpc) is 3.40. The van der Waals surface area contributed by atoms with Gasteiger partial charge in [-0.2, -0.15) is 0 Å². The number of carbonyl (C=O) groups excluding carboxylic acids is 1. The summed E-state index contributed by atoms with van der Waals surface area (Å²) >= 11 is 0. The summed E-state index contributed by atoms with van der Waals surface area (Å²) in [6, 6.07) is 4.73. The molecule has 2 fully saturated rings. The largest absolute Gasteiger partial charge is 0.493 e. The van der Waals surface area contributed by atoms with Crippen molar-refractivity contribution in [2.45, 2.75) is 63.3 Å². The van der Waals surface area contributed by atoms with Gasteiger partial charge >= 0.3 is 5.97 Å². The summed E-state index contributed by atoms with van der Waals surface area (Å²) in [7, 11) is 1.67. The van der Waals surface area contributed by atoms with Crippen LogP contribution < -0.4 is 9.47 Å². The molecular weight excluding hydrogens is 350 g/mol. The Bertz CT molecular complexity index is 901. The molecule has 28 heavy (non-hydrogen) atoms. The molecule has 148 valence electrons. The van der Waals surface area contributed by atoms with E-state index in [2.05, 4.69) is 24.0 Å². The van der Waals surface area contributed by atoms with Gasteiger partial charge in [0.2, 0.25) is 0 Å². The number of carbonyl (C=O) groups is 1. The first-order chi connectivity index (χ1) is 13.6. The van der Waals surface area contributed by atoms with E-state index in [1.807, 2.05) is 6.07 Å². The maximum Gasteiger partial charge on any atom is 0.312 e. The lowest BCUT2D eigenvalue weighted by Crippen LogP contribution is -2.67. The van der Waals surface area contributed by atoms with Crippen molar-refractivity contribution < 1.29 is 14.3 Å². The second kappa shape index (κ2) is 5.63. The summed E-state index contributed by atoms with van der Waals surface area (Å²) in [6.45, 7) is 4.60. The number of hydrogen-bond acceptors (Lipinski definition) is 4. The molecule has 1 aromatic rings. The molecule has 4 heteroatoms. The Morgan fingerprint density at radius 2 is 2.14 bits per heavy atom. The van der Waals surface area contributed by atoms with Gasteiger partial charge in [0.1, 0.15) is 0 Å². The lowest BCUT2D eigenvalue weighted by molar-refractivity contribution is -0.143. The van der Waals surface area contributed by atoms with Crippen LogP contribution in [0.2, 0.25) is 0 Å². The molecule has 2 aliphatic heterocycles. The molecule has 0 N–H and O–H groups in total. The van der Waals surface area contributed by atoms with Gasteiger partial charge in [-0.1, -0.05) is 17.7 Å². The highest BCUT2D eigenvalue weighted by Crippen LogP contribution is 2.67. The third-order valence-electron chi connectivity index (χ3n) is 8.36. The van der Waals surface area contributed by atoms with Gasteiger partial charge in [-0.05, 0) is 69.5 Å². The Morgan fingerprint density at radius 3 is 2.86 bits per heavy atom. The number of likely N-dealkylation sites (tertiary alicyclic amines) is 1. The summed E-state index contributed by atoms with van der Waals surface area (Å²) < 4.78 is 11.4. The molecule has 0 unspecified atom stereocenters. The van der Waals surface area contributed by atoms with Crippen LogP contribution in [-0.2, 0) is 16.6 Å². The zero-order chi connectivity index (χ0) is 19.1. The van der Waals surface area contributed by atoms with Crippen molar-refractivity contribution in [2.75, 3.05) is 20.2 Å². The molecule has 0 amide bonds. The van der Waals surface area contributed by atoms with Crippen molar-refractivity contribution in [3.63, 3.8) is 0 Å². The van der Waals surface area contributed by atoms with Crippen LogP contribution in [-0.4, -0.2) is 37.1 Å². The second-order valence-electron chi connectivity index (χ2n) is 9.80. The van der Waals surface area contributed by atoms with E-state index in [1.165, 1.54) is 36.1 Å². The van der Waals surface area contributed by atoms with E-state index in [9.17, 15) is 4.79 Å². The summed E-state index contributed by atoms with van der Waals surface area (Å²) in [6.07, 6.45) is 10.3. The Balaban J connectivity index is 1.59. The first kappa shape index (κ1) is 17.1. The van der Waals surface area contributed by atoms with E-state index in [1.54, 1.807) is 7.11 Å². The number of rotatable bonds is 3. The van der Waals surface area contributed by atoms with Crippen molar-refractivity contribution in [2.24, 2.45) is 11.3 Å². The van der Waals surface area contributed by atoms with Crippen LogP contribution in [0, 0.1) is 11.3 Å². The molecule has 2 bridgehead atoms. The lowest BCUT2D eigenvalue weighted by Gasteiger charge is -2.63. The van der Waals surface area contributed by atoms with Gasteiger partial charge in [0.05, 0.1) is 13.5 Å². The maximum atomic E-state index is 12.9. The number of methoxy groups -OCH3 is 1. The average molecular weight is 380 g/mol. The minimum absolute atomic E-state index is 0.0534. The van der Waals surface area contributed by atoms with E-state index in [0.29, 0.717) is 24.0 Å². The van der Waals surface area contributed by atoms with E-state index in [-0.39, 0.29) is 16.8 Å². The quantitative estimate of drug-likeness (QED) is 0.452. The Hall–Kier alpha value is -1.81. The first-order valence-electron chi connectivity index (χ1n) is 10.9. The van der Waals surface area contributed by atoms with E-state index < -0.39 is 0 Å². The van der Waals surface area contributed by atoms with Gasteiger partial charge in [0.25, 0.3) is 0 Å². The molecule has 3 atom stereocenters. The van der Waals surface area contributed by atoms with Crippen molar-refractivity contribution in [1.82, 2.24) is 4.90 Å². The predicted octanol–water partition coefficient (Wildman–Crippen LogP) is 4.01. The normalized spacial score (nSPS) is 36.1. The van der Waals surface area contributed by atoms with E-state index >= 15 is 0 Å². The monoisotopic (exact) mass is 379 g/mol. The molecule has 2 spiro atoms. The number of esters is 1. The summed E-state index contributed by atoms with van der Waals surface area (Å²) in [4.78, 5) is 15.7. The summed E-state index contributed by atoms with van der Waals surface area (Å²) in [5.74, 6) is 2.22. The topological polar surface area (TPSA) is 38.8 Å². The van der Waals surface area contributed by atoms with Crippen LogP contribution in [0.4, 0.5) is 0 Å². The highest BCUT2D eigenvalue weighted by molar-refractivity contribution is 5.81. The van der Waals surface area contributed by atoms with E-state index in [4.69, 9.17) is 9.47 Å². The molecular formula is C24H29NO3. The van der Waals surface area contributed by atoms with Crippen LogP contribution in [0.1, 0.15) is 56.6 Å². The number of nitrogens with zero attached hydrogens (tertiary/aromatic N) is 1. The van der Waals surface area contributed by atoms with Crippen LogP contribution in [0.15, 0.2) is 23.8 Å². The molecule has 1 saturated heterocycles. The minimum Gasteiger partial charge on any atom is -0.493 e. The van der Waals surface area contributed by atoms with Crippen LogP contribution in [0.25, 0.3) is 0 Å². The molecule has 5 aliphatic rings. The number of hydrogen-bond donors (Lipinski definition) is 0. The number of allylic oxidation sites excluding steroid dienone is 1. The molecule has 1 saturated carbocycles. The zero-order valence-electron chi connectivity index (χ0n) is 16.9. The smallest absolute Gasteiger partial charge is 0.312 e. The fourth-order valence-corrected chi connectivity index (χ4v) is 7.02. The minimum atomic E-state index is -0.137. The lowest BCUT2D eigenvalue weighted by atomic mass is 9.46. The van der Waals surface area contributed by atoms with Crippen LogP contribution in [0.3, 0.4) is 0 Å². The third-order valence-corrected chi connectivity index (χ3v) is 8.36. The highest BCUT2D eigenvalue weighted by Gasteiger charge is 2.66. The first-order valence-corrected chi connectivity index (χ1v) is 10.9. The summed E-state index contributed by atoms with van der Waals surface area (Å²) in [5.41, 5.74) is 4.07. The SMILES string of the molecule is COc1ccc2c3c1OC(=O)C[C@]31CCN(CC3CC3)[C@H](C2)[C@@]12C=C(C)CC2. The Kier molecular flexibility index (Phi) is 3.43. The third kappa shape index (κ3) is 2.07. The van der Waals surface area contributed by atoms with Crippen molar-refractivity contribution in [3.05, 3.63) is 34.9 Å². The summed E-state index contributed by atoms with van der Waals surface area (Å²) in [5, 5.41) is 0. The van der Waals surface area contributed by atoms with Gasteiger partial charge in [-0.3, -0.25) is 9.69 Å². The van der Waals surface area contributed by atoms with Crippen molar-refractivity contribution in [3.8, 4) is 11.5 Å². The predicted molar refractivity (Wildman–Crippen MR) is 107 cm³/mol. The Morgan fingerprint density at radius 1 is 1.29 bits per heavy atom. The van der Waals surface area contributed by atoms with E-state index in [0.717, 1.165) is 38.1 Å². The Labute approximate surface area is 166 Å². The van der Waals surface area contributed by atoms with Gasteiger partial charge in [0.15, 0.2) is 11.5 Å². The van der Waals surface area contributed by atoms with Crippen LogP contribution >= 0.6 is 0 Å². The van der Waals surface area contributed by atoms with Crippen LogP contribution in [0.5, 0.6) is 11.5 Å². The van der Waals surface area contributed by atoms with Crippen molar-refractivity contribution in [1.29, 1.82) is 0 Å². The fourth-order valence-electron chi connectivity index (χ4n) is 7.02. The molecule has 0 aromatic heterocycles. The standard InChI is InChI=1S/C24H29NO3/c1-15-7-8-23(12-15)19-11-17-5-6-18(27-2)22-21(17)24(23,13-20(26)28-22)9-10-25(19)14-16-3-4-16/h5-6,12,16,19H,3-4,7-11,13-14H2,1-2H3/t19-,23-,24-/m1/s1. The molecule has 4 nitrogen and oxygen atoms in total.